The normalized spacial score (nSPS) is 16.3. The standard InChI is InChI=1S/C19H18N2O6/c22-18(12-25-15-6-4-14(5-7-15)21(23)24)20-13-3-8-16-17(11-13)27-19(26-16)9-1-2-10-19/h3-8,11H,1-2,9-10,12H2,(H,20,22). The Morgan fingerprint density at radius 1 is 1.11 bits per heavy atom. The van der Waals surface area contributed by atoms with E-state index in [4.69, 9.17) is 14.2 Å². The van der Waals surface area contributed by atoms with Gasteiger partial charge in [0.05, 0.1) is 4.92 Å². The first-order valence-electron chi connectivity index (χ1n) is 8.72. The van der Waals surface area contributed by atoms with Crippen molar-refractivity contribution in [1.29, 1.82) is 0 Å². The number of rotatable bonds is 5. The molecule has 2 aromatic carbocycles. The summed E-state index contributed by atoms with van der Waals surface area (Å²) >= 11 is 0. The predicted octanol–water partition coefficient (Wildman–Crippen LogP) is 3.65. The average Bonchev–Trinajstić information content (AvgIpc) is 3.26. The molecule has 0 unspecified atom stereocenters. The molecule has 2 aliphatic rings. The van der Waals surface area contributed by atoms with Crippen LogP contribution in [0.4, 0.5) is 11.4 Å². The number of hydrogen-bond acceptors (Lipinski definition) is 6. The van der Waals surface area contributed by atoms with Crippen molar-refractivity contribution in [3.8, 4) is 17.2 Å². The summed E-state index contributed by atoms with van der Waals surface area (Å²) in [6, 6.07) is 10.8. The van der Waals surface area contributed by atoms with Crippen molar-refractivity contribution in [3.63, 3.8) is 0 Å². The number of carbonyl (C=O) groups excluding carboxylic acids is 1. The number of fused-ring (bicyclic) bond motifs is 1. The summed E-state index contributed by atoms with van der Waals surface area (Å²) in [5.41, 5.74) is 0.553. The summed E-state index contributed by atoms with van der Waals surface area (Å²) in [4.78, 5) is 22.2. The van der Waals surface area contributed by atoms with E-state index in [1.165, 1.54) is 24.3 Å². The molecule has 8 heteroatoms. The highest BCUT2D eigenvalue weighted by atomic mass is 16.7. The van der Waals surface area contributed by atoms with Crippen molar-refractivity contribution in [1.82, 2.24) is 0 Å². The fourth-order valence-corrected chi connectivity index (χ4v) is 3.30. The minimum absolute atomic E-state index is 0.0350. The summed E-state index contributed by atoms with van der Waals surface area (Å²) in [5, 5.41) is 13.4. The number of nitrogens with one attached hydrogen (secondary N) is 1. The molecule has 1 fully saturated rings. The molecule has 1 heterocycles. The molecule has 27 heavy (non-hydrogen) atoms. The van der Waals surface area contributed by atoms with Gasteiger partial charge in [0.1, 0.15) is 5.75 Å². The molecule has 1 amide bonds. The van der Waals surface area contributed by atoms with E-state index in [2.05, 4.69) is 5.32 Å². The summed E-state index contributed by atoms with van der Waals surface area (Å²) in [7, 11) is 0. The fraction of sp³-hybridized carbons (Fsp3) is 0.316. The molecule has 2 aromatic rings. The molecule has 0 bridgehead atoms. The van der Waals surface area contributed by atoms with E-state index in [1.54, 1.807) is 18.2 Å². The number of amides is 1. The third kappa shape index (κ3) is 3.64. The van der Waals surface area contributed by atoms with Crippen LogP contribution in [0.2, 0.25) is 0 Å². The van der Waals surface area contributed by atoms with Gasteiger partial charge in [0.2, 0.25) is 0 Å². The molecule has 0 atom stereocenters. The molecule has 1 aliphatic heterocycles. The Kier molecular flexibility index (Phi) is 4.31. The maximum absolute atomic E-state index is 12.1. The molecule has 4 rings (SSSR count). The van der Waals surface area contributed by atoms with Gasteiger partial charge < -0.3 is 19.5 Å². The first-order valence-corrected chi connectivity index (χ1v) is 8.72. The lowest BCUT2D eigenvalue weighted by atomic mass is 10.2. The van der Waals surface area contributed by atoms with Crippen LogP contribution in [0, 0.1) is 10.1 Å². The Labute approximate surface area is 155 Å². The SMILES string of the molecule is O=C(COc1ccc([N+](=O)[O-])cc1)Nc1ccc2c(c1)OC1(CCCC1)O2. The number of non-ortho nitro benzene ring substituents is 1. The van der Waals surface area contributed by atoms with Crippen LogP contribution >= 0.6 is 0 Å². The molecule has 0 aromatic heterocycles. The van der Waals surface area contributed by atoms with Crippen molar-refractivity contribution in [2.75, 3.05) is 11.9 Å². The highest BCUT2D eigenvalue weighted by molar-refractivity contribution is 5.92. The molecule has 1 spiro atoms. The van der Waals surface area contributed by atoms with Gasteiger partial charge in [0.25, 0.3) is 17.4 Å². The lowest BCUT2D eigenvalue weighted by Gasteiger charge is -2.21. The van der Waals surface area contributed by atoms with Crippen molar-refractivity contribution in [3.05, 3.63) is 52.6 Å². The fourth-order valence-electron chi connectivity index (χ4n) is 3.30. The van der Waals surface area contributed by atoms with Crippen LogP contribution in [-0.4, -0.2) is 23.2 Å². The molecule has 8 nitrogen and oxygen atoms in total. The lowest BCUT2D eigenvalue weighted by molar-refractivity contribution is -0.384. The predicted molar refractivity (Wildman–Crippen MR) is 96.1 cm³/mol. The Hall–Kier alpha value is -3.29. The van der Waals surface area contributed by atoms with E-state index in [-0.39, 0.29) is 18.2 Å². The molecular weight excluding hydrogens is 352 g/mol. The van der Waals surface area contributed by atoms with Crippen molar-refractivity contribution < 1.29 is 23.9 Å². The van der Waals surface area contributed by atoms with Gasteiger partial charge in [-0.1, -0.05) is 0 Å². The second-order valence-electron chi connectivity index (χ2n) is 6.57. The first-order chi connectivity index (χ1) is 13.0. The zero-order chi connectivity index (χ0) is 18.9. The van der Waals surface area contributed by atoms with E-state index in [0.717, 1.165) is 25.7 Å². The number of nitrogens with zero attached hydrogens (tertiary/aromatic N) is 1. The van der Waals surface area contributed by atoms with E-state index < -0.39 is 10.7 Å². The topological polar surface area (TPSA) is 99.9 Å². The summed E-state index contributed by atoms with van der Waals surface area (Å²) in [5.74, 6) is 0.819. The third-order valence-electron chi connectivity index (χ3n) is 4.60. The Morgan fingerprint density at radius 3 is 2.52 bits per heavy atom. The molecule has 0 saturated heterocycles. The first kappa shape index (κ1) is 17.1. The summed E-state index contributed by atoms with van der Waals surface area (Å²) < 4.78 is 17.3. The van der Waals surface area contributed by atoms with E-state index in [0.29, 0.717) is 22.9 Å². The van der Waals surface area contributed by atoms with E-state index >= 15 is 0 Å². The Balaban J connectivity index is 1.33. The second-order valence-corrected chi connectivity index (χ2v) is 6.57. The monoisotopic (exact) mass is 370 g/mol. The maximum Gasteiger partial charge on any atom is 0.269 e. The van der Waals surface area contributed by atoms with Crippen molar-refractivity contribution >= 4 is 17.3 Å². The number of benzene rings is 2. The highest BCUT2D eigenvalue weighted by Gasteiger charge is 2.44. The number of hydrogen-bond donors (Lipinski definition) is 1. The van der Waals surface area contributed by atoms with E-state index in [9.17, 15) is 14.9 Å². The Morgan fingerprint density at radius 2 is 1.81 bits per heavy atom. The molecule has 1 N–H and O–H groups in total. The van der Waals surface area contributed by atoms with Gasteiger partial charge >= 0.3 is 0 Å². The van der Waals surface area contributed by atoms with Crippen LogP contribution in [0.3, 0.4) is 0 Å². The van der Waals surface area contributed by atoms with Crippen LogP contribution in [0.5, 0.6) is 17.2 Å². The number of anilines is 1. The van der Waals surface area contributed by atoms with Crippen LogP contribution in [-0.2, 0) is 4.79 Å². The molecular formula is C19H18N2O6. The van der Waals surface area contributed by atoms with E-state index in [1.807, 2.05) is 0 Å². The van der Waals surface area contributed by atoms with Crippen molar-refractivity contribution in [2.24, 2.45) is 0 Å². The van der Waals surface area contributed by atoms with Gasteiger partial charge in [-0.05, 0) is 37.1 Å². The van der Waals surface area contributed by atoms with Gasteiger partial charge in [-0.25, -0.2) is 0 Å². The smallest absolute Gasteiger partial charge is 0.269 e. The number of nitro groups is 1. The molecule has 0 radical (unpaired) electrons. The van der Waals surface area contributed by atoms with Crippen LogP contribution in [0.1, 0.15) is 25.7 Å². The molecule has 1 saturated carbocycles. The number of nitro benzene ring substituents is 1. The summed E-state index contributed by atoms with van der Waals surface area (Å²) in [6.45, 7) is -0.212. The van der Waals surface area contributed by atoms with Crippen LogP contribution < -0.4 is 19.5 Å². The van der Waals surface area contributed by atoms with Gasteiger partial charge in [-0.2, -0.15) is 0 Å². The minimum Gasteiger partial charge on any atom is -0.484 e. The summed E-state index contributed by atoms with van der Waals surface area (Å²) in [6.07, 6.45) is 3.90. The zero-order valence-corrected chi connectivity index (χ0v) is 14.5. The van der Waals surface area contributed by atoms with Crippen molar-refractivity contribution in [2.45, 2.75) is 31.5 Å². The van der Waals surface area contributed by atoms with Crippen LogP contribution in [0.15, 0.2) is 42.5 Å². The highest BCUT2D eigenvalue weighted by Crippen LogP contribution is 2.47. The van der Waals surface area contributed by atoms with Crippen LogP contribution in [0.25, 0.3) is 0 Å². The largest absolute Gasteiger partial charge is 0.484 e. The molecule has 140 valence electrons. The third-order valence-corrected chi connectivity index (χ3v) is 4.60. The number of ether oxygens (including phenoxy) is 3. The van der Waals surface area contributed by atoms with Gasteiger partial charge in [-0.15, -0.1) is 0 Å². The minimum atomic E-state index is -0.538. The average molecular weight is 370 g/mol. The number of carbonyl (C=O) groups is 1. The van der Waals surface area contributed by atoms with Gasteiger partial charge in [0.15, 0.2) is 18.1 Å². The molecule has 1 aliphatic carbocycles. The quantitative estimate of drug-likeness (QED) is 0.637. The Bertz CT molecular complexity index is 874. The zero-order valence-electron chi connectivity index (χ0n) is 14.5. The lowest BCUT2D eigenvalue weighted by Crippen LogP contribution is -2.34. The second kappa shape index (κ2) is 6.79. The van der Waals surface area contributed by atoms with Gasteiger partial charge in [-0.3, -0.25) is 14.9 Å². The van der Waals surface area contributed by atoms with Gasteiger partial charge in [0, 0.05) is 36.7 Å². The maximum atomic E-state index is 12.1.